The number of aryl methyl sites for hydroxylation is 1. The number of nitrogens with one attached hydrogen (secondary N) is 1. The molecular weight excluding hydrogens is 161 g/mol. The number of halogens is 1. The van der Waals surface area contributed by atoms with Gasteiger partial charge in [0, 0.05) is 6.07 Å². The van der Waals surface area contributed by atoms with Gasteiger partial charge in [-0.2, -0.15) is 0 Å². The molecule has 0 radical (unpaired) electrons. The maximum absolute atomic E-state index is 12.7. The summed E-state index contributed by atoms with van der Waals surface area (Å²) in [4.78, 5) is 13.1. The first-order valence-corrected chi connectivity index (χ1v) is 3.46. The van der Waals surface area contributed by atoms with Crippen molar-refractivity contribution in [3.63, 3.8) is 0 Å². The normalized spacial score (nSPS) is 10.8. The predicted molar refractivity (Wildman–Crippen MR) is 41.5 cm³/mol. The fraction of sp³-hybridized carbons (Fsp3) is 0.125. The third-order valence-electron chi connectivity index (χ3n) is 1.67. The Morgan fingerprint density at radius 2 is 2.25 bits per heavy atom. The van der Waals surface area contributed by atoms with Crippen molar-refractivity contribution < 1.29 is 8.81 Å². The fourth-order valence-electron chi connectivity index (χ4n) is 1.19. The summed E-state index contributed by atoms with van der Waals surface area (Å²) >= 11 is 0. The van der Waals surface area contributed by atoms with E-state index >= 15 is 0 Å². The number of H-pyrrole nitrogens is 1. The molecule has 0 fully saturated rings. The zero-order valence-corrected chi connectivity index (χ0v) is 6.35. The summed E-state index contributed by atoms with van der Waals surface area (Å²) in [7, 11) is 0. The fourth-order valence-corrected chi connectivity index (χ4v) is 1.19. The SMILES string of the molecule is Cc1cc(F)cc2[nH]c(=O)oc12. The minimum Gasteiger partial charge on any atom is -0.408 e. The van der Waals surface area contributed by atoms with E-state index in [9.17, 15) is 9.18 Å². The van der Waals surface area contributed by atoms with E-state index < -0.39 is 5.76 Å². The lowest BCUT2D eigenvalue weighted by atomic mass is 10.2. The van der Waals surface area contributed by atoms with Crippen molar-refractivity contribution in [2.45, 2.75) is 6.92 Å². The first-order valence-electron chi connectivity index (χ1n) is 3.46. The van der Waals surface area contributed by atoms with Crippen LogP contribution < -0.4 is 5.76 Å². The van der Waals surface area contributed by atoms with Gasteiger partial charge in [0.15, 0.2) is 5.58 Å². The van der Waals surface area contributed by atoms with Crippen LogP contribution >= 0.6 is 0 Å². The highest BCUT2D eigenvalue weighted by atomic mass is 19.1. The van der Waals surface area contributed by atoms with Crippen LogP contribution in [0.3, 0.4) is 0 Å². The molecule has 0 spiro atoms. The third-order valence-corrected chi connectivity index (χ3v) is 1.67. The van der Waals surface area contributed by atoms with E-state index in [1.54, 1.807) is 6.92 Å². The van der Waals surface area contributed by atoms with Gasteiger partial charge in [-0.25, -0.2) is 9.18 Å². The summed E-state index contributed by atoms with van der Waals surface area (Å²) in [5, 5.41) is 0. The quantitative estimate of drug-likeness (QED) is 0.647. The van der Waals surface area contributed by atoms with Gasteiger partial charge in [0.1, 0.15) is 5.82 Å². The molecule has 0 atom stereocenters. The summed E-state index contributed by atoms with van der Waals surface area (Å²) in [6, 6.07) is 2.55. The second-order valence-electron chi connectivity index (χ2n) is 2.61. The Morgan fingerprint density at radius 1 is 1.50 bits per heavy atom. The lowest BCUT2D eigenvalue weighted by Gasteiger charge is -1.92. The van der Waals surface area contributed by atoms with E-state index in [-0.39, 0.29) is 5.82 Å². The van der Waals surface area contributed by atoms with Crippen molar-refractivity contribution in [3.8, 4) is 0 Å². The number of hydrogen-bond donors (Lipinski definition) is 1. The summed E-state index contributed by atoms with van der Waals surface area (Å²) in [6.07, 6.45) is 0. The average Bonchev–Trinajstić information content (AvgIpc) is 2.29. The number of aromatic nitrogens is 1. The standard InChI is InChI=1S/C8H6FNO2/c1-4-2-5(9)3-6-7(4)12-8(11)10-6/h2-3H,1H3,(H,10,11). The molecule has 1 heterocycles. The smallest absolute Gasteiger partial charge is 0.408 e. The first-order chi connectivity index (χ1) is 5.66. The van der Waals surface area contributed by atoms with E-state index in [4.69, 9.17) is 4.42 Å². The highest BCUT2D eigenvalue weighted by Crippen LogP contribution is 2.16. The van der Waals surface area contributed by atoms with Crippen LogP contribution in [0.4, 0.5) is 4.39 Å². The van der Waals surface area contributed by atoms with E-state index in [1.807, 2.05) is 0 Å². The zero-order chi connectivity index (χ0) is 8.72. The summed E-state index contributed by atoms with van der Waals surface area (Å²) in [5.74, 6) is -0.934. The monoisotopic (exact) mass is 167 g/mol. The van der Waals surface area contributed by atoms with Crippen molar-refractivity contribution in [1.29, 1.82) is 0 Å². The van der Waals surface area contributed by atoms with Gasteiger partial charge in [0.25, 0.3) is 0 Å². The van der Waals surface area contributed by atoms with Gasteiger partial charge in [0.05, 0.1) is 5.52 Å². The van der Waals surface area contributed by atoms with Crippen LogP contribution in [0.5, 0.6) is 0 Å². The molecule has 12 heavy (non-hydrogen) atoms. The van der Waals surface area contributed by atoms with Crippen molar-refractivity contribution >= 4 is 11.1 Å². The third kappa shape index (κ3) is 0.922. The molecule has 1 aromatic heterocycles. The van der Waals surface area contributed by atoms with Gasteiger partial charge in [-0.3, -0.25) is 4.98 Å². The zero-order valence-electron chi connectivity index (χ0n) is 6.35. The number of benzene rings is 1. The topological polar surface area (TPSA) is 46.0 Å². The van der Waals surface area contributed by atoms with Crippen molar-refractivity contribution in [2.24, 2.45) is 0 Å². The van der Waals surface area contributed by atoms with Gasteiger partial charge in [0.2, 0.25) is 0 Å². The molecule has 0 aliphatic heterocycles. The molecule has 2 rings (SSSR count). The average molecular weight is 167 g/mol. The number of aromatic amines is 1. The maximum Gasteiger partial charge on any atom is 0.417 e. The van der Waals surface area contributed by atoms with Gasteiger partial charge < -0.3 is 4.42 Å². The highest BCUT2D eigenvalue weighted by Gasteiger charge is 2.05. The van der Waals surface area contributed by atoms with E-state index in [1.165, 1.54) is 12.1 Å². The number of rotatable bonds is 0. The molecule has 0 bridgehead atoms. The minimum atomic E-state index is -0.557. The Hall–Kier alpha value is -1.58. The largest absolute Gasteiger partial charge is 0.417 e. The van der Waals surface area contributed by atoms with Crippen LogP contribution in [0.1, 0.15) is 5.56 Å². The van der Waals surface area contributed by atoms with Crippen LogP contribution in [-0.2, 0) is 0 Å². The van der Waals surface area contributed by atoms with Crippen molar-refractivity contribution in [2.75, 3.05) is 0 Å². The number of oxazole rings is 1. The van der Waals surface area contributed by atoms with Crippen molar-refractivity contribution in [3.05, 3.63) is 34.1 Å². The van der Waals surface area contributed by atoms with Crippen molar-refractivity contribution in [1.82, 2.24) is 4.98 Å². The second-order valence-corrected chi connectivity index (χ2v) is 2.61. The van der Waals surface area contributed by atoms with Gasteiger partial charge in [-0.15, -0.1) is 0 Å². The summed E-state index contributed by atoms with van der Waals surface area (Å²) < 4.78 is 17.5. The van der Waals surface area contributed by atoms with Gasteiger partial charge in [-0.1, -0.05) is 0 Å². The van der Waals surface area contributed by atoms with Crippen LogP contribution in [0.15, 0.2) is 21.3 Å². The van der Waals surface area contributed by atoms with Gasteiger partial charge in [-0.05, 0) is 18.6 Å². The Bertz CT molecular complexity index is 483. The second kappa shape index (κ2) is 2.20. The molecule has 1 N–H and O–H groups in total. The molecular formula is C8H6FNO2. The van der Waals surface area contributed by atoms with E-state index in [0.29, 0.717) is 16.7 Å². The molecule has 0 unspecified atom stereocenters. The highest BCUT2D eigenvalue weighted by molar-refractivity contribution is 5.75. The number of hydrogen-bond acceptors (Lipinski definition) is 2. The molecule has 0 aliphatic rings. The minimum absolute atomic E-state index is 0.378. The first kappa shape index (κ1) is 7.09. The molecule has 0 saturated heterocycles. The molecule has 1 aromatic carbocycles. The lowest BCUT2D eigenvalue weighted by Crippen LogP contribution is -1.92. The number of fused-ring (bicyclic) bond motifs is 1. The van der Waals surface area contributed by atoms with Crippen LogP contribution in [0.2, 0.25) is 0 Å². The Kier molecular flexibility index (Phi) is 1.30. The molecule has 2 aromatic rings. The molecule has 0 aliphatic carbocycles. The Morgan fingerprint density at radius 3 is 3.00 bits per heavy atom. The van der Waals surface area contributed by atoms with E-state index in [2.05, 4.69) is 4.98 Å². The lowest BCUT2D eigenvalue weighted by molar-refractivity contribution is 0.552. The van der Waals surface area contributed by atoms with Crippen LogP contribution in [0.25, 0.3) is 11.1 Å². The Balaban J connectivity index is 2.97. The molecule has 0 saturated carbocycles. The molecule has 62 valence electrons. The van der Waals surface area contributed by atoms with E-state index in [0.717, 1.165) is 0 Å². The summed E-state index contributed by atoms with van der Waals surface area (Å²) in [6.45, 7) is 1.68. The molecule has 4 heteroatoms. The Labute approximate surface area is 66.8 Å². The van der Waals surface area contributed by atoms with Gasteiger partial charge >= 0.3 is 5.76 Å². The maximum atomic E-state index is 12.7. The van der Waals surface area contributed by atoms with Crippen LogP contribution in [-0.4, -0.2) is 4.98 Å². The molecule has 3 nitrogen and oxygen atoms in total. The predicted octanol–water partition coefficient (Wildman–Crippen LogP) is 1.57. The molecule has 0 amide bonds. The summed E-state index contributed by atoms with van der Waals surface area (Å²) in [5.41, 5.74) is 1.43. The van der Waals surface area contributed by atoms with Crippen LogP contribution in [0, 0.1) is 12.7 Å².